The summed E-state index contributed by atoms with van der Waals surface area (Å²) in [7, 11) is 0. The predicted octanol–water partition coefficient (Wildman–Crippen LogP) is 3.58. The zero-order chi connectivity index (χ0) is 13.1. The molecule has 96 valence electrons. The summed E-state index contributed by atoms with van der Waals surface area (Å²) in [4.78, 5) is 0. The van der Waals surface area contributed by atoms with Crippen molar-refractivity contribution >= 4 is 27.5 Å². The first kappa shape index (κ1) is 13.5. The molecule has 0 fully saturated rings. The monoisotopic (exact) mass is 331 g/mol. The lowest BCUT2D eigenvalue weighted by Crippen LogP contribution is -2.06. The molecule has 3 nitrogen and oxygen atoms in total. The fraction of sp³-hybridized carbons (Fsp3) is 0.333. The average molecular weight is 333 g/mol. The molecule has 6 heteroatoms. The number of nitrogens with zero attached hydrogens (tertiary/aromatic N) is 3. The summed E-state index contributed by atoms with van der Waals surface area (Å²) >= 11 is 9.36. The fourth-order valence-corrected chi connectivity index (χ4v) is 2.47. The number of hydrogen-bond acceptors (Lipinski definition) is 2. The van der Waals surface area contributed by atoms with Crippen molar-refractivity contribution in [2.45, 2.75) is 25.2 Å². The lowest BCUT2D eigenvalue weighted by atomic mass is 10.1. The van der Waals surface area contributed by atoms with Gasteiger partial charge in [-0.05, 0) is 19.1 Å². The van der Waals surface area contributed by atoms with E-state index in [1.807, 2.05) is 11.5 Å². The molecule has 0 radical (unpaired) electrons. The first-order valence-electron chi connectivity index (χ1n) is 5.57. The third kappa shape index (κ3) is 2.57. The Hall–Kier alpha value is -0.940. The van der Waals surface area contributed by atoms with Crippen LogP contribution in [-0.4, -0.2) is 14.8 Å². The molecule has 1 aromatic carbocycles. The van der Waals surface area contributed by atoms with E-state index in [1.54, 1.807) is 12.1 Å². The average Bonchev–Trinajstić information content (AvgIpc) is 2.75. The van der Waals surface area contributed by atoms with Crippen molar-refractivity contribution in [2.75, 3.05) is 0 Å². The molecule has 18 heavy (non-hydrogen) atoms. The Morgan fingerprint density at radius 1 is 1.33 bits per heavy atom. The van der Waals surface area contributed by atoms with Crippen LogP contribution in [-0.2, 0) is 18.3 Å². The van der Waals surface area contributed by atoms with E-state index in [-0.39, 0.29) is 5.82 Å². The van der Waals surface area contributed by atoms with Crippen molar-refractivity contribution in [1.82, 2.24) is 14.8 Å². The number of benzene rings is 1. The SMILES string of the molecule is CCn1c(CBr)nnc1Cc1c(F)cccc1Cl. The number of hydrogen-bond donors (Lipinski definition) is 0. The minimum Gasteiger partial charge on any atom is -0.314 e. The van der Waals surface area contributed by atoms with Gasteiger partial charge in [0.05, 0.1) is 5.33 Å². The smallest absolute Gasteiger partial charge is 0.143 e. The van der Waals surface area contributed by atoms with Crippen molar-refractivity contribution in [3.05, 3.63) is 46.3 Å². The Bertz CT molecular complexity index is 536. The summed E-state index contributed by atoms with van der Waals surface area (Å²) in [5.41, 5.74) is 0.461. The van der Waals surface area contributed by atoms with Crippen LogP contribution in [0.5, 0.6) is 0 Å². The second-order valence-electron chi connectivity index (χ2n) is 3.79. The Kier molecular flexibility index (Phi) is 4.35. The summed E-state index contributed by atoms with van der Waals surface area (Å²) in [6.45, 7) is 2.75. The minimum atomic E-state index is -0.312. The quantitative estimate of drug-likeness (QED) is 0.801. The van der Waals surface area contributed by atoms with Gasteiger partial charge < -0.3 is 4.57 Å². The lowest BCUT2D eigenvalue weighted by molar-refractivity contribution is 0.606. The molecule has 0 aliphatic heterocycles. The Morgan fingerprint density at radius 3 is 2.67 bits per heavy atom. The highest BCUT2D eigenvalue weighted by Gasteiger charge is 2.14. The van der Waals surface area contributed by atoms with E-state index < -0.39 is 0 Å². The van der Waals surface area contributed by atoms with Gasteiger partial charge in [0, 0.05) is 23.6 Å². The standard InChI is InChI=1S/C12H12BrClFN3/c1-2-18-11(16-17-12(18)7-13)6-8-9(14)4-3-5-10(8)15/h3-5H,2,6-7H2,1H3. The molecule has 0 bridgehead atoms. The molecular weight excluding hydrogens is 321 g/mol. The maximum atomic E-state index is 13.7. The van der Waals surface area contributed by atoms with Gasteiger partial charge in [-0.3, -0.25) is 0 Å². The van der Waals surface area contributed by atoms with E-state index in [0.717, 1.165) is 18.2 Å². The van der Waals surface area contributed by atoms with Gasteiger partial charge in [0.25, 0.3) is 0 Å². The first-order valence-corrected chi connectivity index (χ1v) is 7.07. The second kappa shape index (κ2) is 5.80. The molecule has 2 aromatic rings. The van der Waals surface area contributed by atoms with Gasteiger partial charge in [-0.25, -0.2) is 4.39 Å². The van der Waals surface area contributed by atoms with Crippen LogP contribution in [0.15, 0.2) is 18.2 Å². The Balaban J connectivity index is 2.37. The molecule has 0 aliphatic carbocycles. The maximum Gasteiger partial charge on any atom is 0.143 e. The van der Waals surface area contributed by atoms with Gasteiger partial charge >= 0.3 is 0 Å². The van der Waals surface area contributed by atoms with Crippen LogP contribution in [0, 0.1) is 5.82 Å². The third-order valence-corrected chi connectivity index (χ3v) is 3.59. The first-order chi connectivity index (χ1) is 8.67. The molecular formula is C12H12BrClFN3. The molecule has 0 spiro atoms. The maximum absolute atomic E-state index is 13.7. The van der Waals surface area contributed by atoms with Crippen LogP contribution in [0.2, 0.25) is 5.02 Å². The van der Waals surface area contributed by atoms with Crippen LogP contribution in [0.3, 0.4) is 0 Å². The summed E-state index contributed by atoms with van der Waals surface area (Å²) in [5.74, 6) is 1.24. The highest BCUT2D eigenvalue weighted by Crippen LogP contribution is 2.22. The summed E-state index contributed by atoms with van der Waals surface area (Å²) in [6.07, 6.45) is 0.347. The van der Waals surface area contributed by atoms with Gasteiger partial charge in [-0.2, -0.15) is 0 Å². The zero-order valence-electron chi connectivity index (χ0n) is 9.83. The van der Waals surface area contributed by atoms with E-state index in [1.165, 1.54) is 6.07 Å². The summed E-state index contributed by atoms with van der Waals surface area (Å²) in [5, 5.41) is 9.20. The minimum absolute atomic E-state index is 0.312. The predicted molar refractivity (Wildman–Crippen MR) is 72.5 cm³/mol. The van der Waals surface area contributed by atoms with Crippen LogP contribution in [0.25, 0.3) is 0 Å². The van der Waals surface area contributed by atoms with E-state index in [0.29, 0.717) is 22.3 Å². The van der Waals surface area contributed by atoms with Gasteiger partial charge in [-0.1, -0.05) is 33.6 Å². The fourth-order valence-electron chi connectivity index (χ4n) is 1.83. The molecule has 1 aromatic heterocycles. The Labute approximate surface area is 118 Å². The van der Waals surface area contributed by atoms with Crippen LogP contribution in [0.4, 0.5) is 4.39 Å². The highest BCUT2D eigenvalue weighted by atomic mass is 79.9. The van der Waals surface area contributed by atoms with Crippen molar-refractivity contribution in [3.8, 4) is 0 Å². The number of aromatic nitrogens is 3. The topological polar surface area (TPSA) is 30.7 Å². The number of alkyl halides is 1. The molecule has 2 rings (SSSR count). The molecule has 0 amide bonds. The van der Waals surface area contributed by atoms with Gasteiger partial charge in [0.1, 0.15) is 17.5 Å². The van der Waals surface area contributed by atoms with E-state index in [9.17, 15) is 4.39 Å². The van der Waals surface area contributed by atoms with Crippen molar-refractivity contribution in [2.24, 2.45) is 0 Å². The van der Waals surface area contributed by atoms with Crippen molar-refractivity contribution < 1.29 is 4.39 Å². The normalized spacial score (nSPS) is 10.9. The molecule has 0 N–H and O–H groups in total. The van der Waals surface area contributed by atoms with Gasteiger partial charge in [-0.15, -0.1) is 10.2 Å². The molecule has 1 heterocycles. The van der Waals surface area contributed by atoms with E-state index in [2.05, 4.69) is 26.1 Å². The van der Waals surface area contributed by atoms with Gasteiger partial charge in [0.15, 0.2) is 0 Å². The Morgan fingerprint density at radius 2 is 2.06 bits per heavy atom. The van der Waals surface area contributed by atoms with E-state index >= 15 is 0 Å². The second-order valence-corrected chi connectivity index (χ2v) is 4.76. The number of rotatable bonds is 4. The zero-order valence-corrected chi connectivity index (χ0v) is 12.2. The molecule has 0 saturated carbocycles. The van der Waals surface area contributed by atoms with Crippen LogP contribution in [0.1, 0.15) is 24.1 Å². The van der Waals surface area contributed by atoms with Crippen molar-refractivity contribution in [3.63, 3.8) is 0 Å². The van der Waals surface area contributed by atoms with Gasteiger partial charge in [0.2, 0.25) is 0 Å². The number of halogens is 3. The summed E-state index contributed by atoms with van der Waals surface area (Å²) in [6, 6.07) is 4.67. The largest absolute Gasteiger partial charge is 0.314 e. The summed E-state index contributed by atoms with van der Waals surface area (Å²) < 4.78 is 15.7. The molecule has 0 saturated heterocycles. The molecule has 0 unspecified atom stereocenters. The van der Waals surface area contributed by atoms with E-state index in [4.69, 9.17) is 11.6 Å². The van der Waals surface area contributed by atoms with Crippen LogP contribution >= 0.6 is 27.5 Å². The van der Waals surface area contributed by atoms with Crippen LogP contribution < -0.4 is 0 Å². The highest BCUT2D eigenvalue weighted by molar-refractivity contribution is 9.08. The third-order valence-electron chi connectivity index (χ3n) is 2.74. The lowest BCUT2D eigenvalue weighted by Gasteiger charge is -2.08. The molecule has 0 atom stereocenters. The molecule has 0 aliphatic rings. The van der Waals surface area contributed by atoms with Crippen molar-refractivity contribution in [1.29, 1.82) is 0 Å².